The third-order valence-electron chi connectivity index (χ3n) is 4.56. The van der Waals surface area contributed by atoms with E-state index in [1.54, 1.807) is 20.8 Å². The Morgan fingerprint density at radius 1 is 1.27 bits per heavy atom. The zero-order valence-electron chi connectivity index (χ0n) is 13.2. The number of hydrogen-bond acceptors (Lipinski definition) is 3. The second kappa shape index (κ2) is 5.35. The monoisotopic (exact) mass is 319 g/mol. The molecule has 2 aliphatic rings. The van der Waals surface area contributed by atoms with Crippen LogP contribution in [0.15, 0.2) is 0 Å². The first-order valence-electron chi connectivity index (χ1n) is 7.54. The molecule has 0 aromatic rings. The van der Waals surface area contributed by atoms with Gasteiger partial charge in [0, 0.05) is 25.9 Å². The maximum atomic E-state index is 13.6. The van der Waals surface area contributed by atoms with Gasteiger partial charge in [-0.05, 0) is 39.5 Å². The molecule has 0 radical (unpaired) electrons. The second-order valence-corrected chi connectivity index (χ2v) is 7.41. The lowest BCUT2D eigenvalue weighted by atomic mass is 9.62. The van der Waals surface area contributed by atoms with E-state index < -0.39 is 47.8 Å². The fourth-order valence-electron chi connectivity index (χ4n) is 3.42. The minimum atomic E-state index is -2.81. The lowest BCUT2D eigenvalue weighted by Crippen LogP contribution is -2.58. The van der Waals surface area contributed by atoms with Crippen LogP contribution in [0.2, 0.25) is 0 Å². The van der Waals surface area contributed by atoms with Crippen molar-refractivity contribution in [2.75, 3.05) is 13.1 Å². The summed E-state index contributed by atoms with van der Waals surface area (Å²) in [4.78, 5) is 25.2. The van der Waals surface area contributed by atoms with Crippen molar-refractivity contribution in [3.63, 3.8) is 0 Å². The molecule has 1 aliphatic heterocycles. The van der Waals surface area contributed by atoms with Crippen molar-refractivity contribution in [3.8, 4) is 0 Å². The first kappa shape index (κ1) is 17.0. The molecule has 126 valence electrons. The van der Waals surface area contributed by atoms with E-state index in [2.05, 4.69) is 0 Å². The van der Waals surface area contributed by atoms with Crippen molar-refractivity contribution in [2.45, 2.75) is 58.0 Å². The molecular formula is C15H23F2NO4. The van der Waals surface area contributed by atoms with Crippen molar-refractivity contribution in [1.82, 2.24) is 4.90 Å². The van der Waals surface area contributed by atoms with Gasteiger partial charge in [-0.2, -0.15) is 0 Å². The lowest BCUT2D eigenvalue weighted by molar-refractivity contribution is -0.173. The van der Waals surface area contributed by atoms with E-state index in [9.17, 15) is 23.5 Å². The van der Waals surface area contributed by atoms with Gasteiger partial charge in [-0.3, -0.25) is 4.79 Å². The Hall–Kier alpha value is -1.40. The third kappa shape index (κ3) is 3.33. The Morgan fingerprint density at radius 3 is 2.45 bits per heavy atom. The molecule has 1 aliphatic carbocycles. The number of ether oxygens (including phenoxy) is 1. The van der Waals surface area contributed by atoms with Crippen molar-refractivity contribution >= 4 is 12.1 Å². The highest BCUT2D eigenvalue weighted by molar-refractivity contribution is 5.77. The molecule has 1 saturated carbocycles. The SMILES string of the molecule is CC(C)(C)OC(=O)N1CCC2CC(F)(F)CCC2(C(=O)O)C1. The smallest absolute Gasteiger partial charge is 0.410 e. The molecule has 0 spiro atoms. The summed E-state index contributed by atoms with van der Waals surface area (Å²) in [6, 6.07) is 0. The van der Waals surface area contributed by atoms with Crippen LogP contribution in [0.3, 0.4) is 0 Å². The number of carboxylic acids is 1. The van der Waals surface area contributed by atoms with E-state index in [1.165, 1.54) is 4.90 Å². The number of alkyl halides is 2. The number of carboxylic acid groups (broad SMARTS) is 1. The Balaban J connectivity index is 2.17. The molecule has 1 heterocycles. The van der Waals surface area contributed by atoms with Crippen molar-refractivity contribution in [1.29, 1.82) is 0 Å². The van der Waals surface area contributed by atoms with Gasteiger partial charge in [-0.15, -0.1) is 0 Å². The average molecular weight is 319 g/mol. The first-order chi connectivity index (χ1) is 9.95. The summed E-state index contributed by atoms with van der Waals surface area (Å²) in [7, 11) is 0. The van der Waals surface area contributed by atoms with Gasteiger partial charge < -0.3 is 14.7 Å². The van der Waals surface area contributed by atoms with E-state index in [0.717, 1.165) is 0 Å². The molecule has 1 N–H and O–H groups in total. The van der Waals surface area contributed by atoms with Gasteiger partial charge >= 0.3 is 12.1 Å². The molecule has 0 aromatic carbocycles. The van der Waals surface area contributed by atoms with Crippen LogP contribution in [0.25, 0.3) is 0 Å². The van der Waals surface area contributed by atoms with Crippen LogP contribution in [0, 0.1) is 11.3 Å². The van der Waals surface area contributed by atoms with Crippen molar-refractivity contribution in [2.24, 2.45) is 11.3 Å². The summed E-state index contributed by atoms with van der Waals surface area (Å²) in [5.41, 5.74) is -1.96. The van der Waals surface area contributed by atoms with Crippen molar-refractivity contribution < 1.29 is 28.2 Å². The highest BCUT2D eigenvalue weighted by Crippen LogP contribution is 2.51. The van der Waals surface area contributed by atoms with Gasteiger partial charge in [0.15, 0.2) is 0 Å². The van der Waals surface area contributed by atoms with Crippen LogP contribution in [0.4, 0.5) is 13.6 Å². The summed E-state index contributed by atoms with van der Waals surface area (Å²) < 4.78 is 32.4. The number of halogens is 2. The van der Waals surface area contributed by atoms with Crippen LogP contribution < -0.4 is 0 Å². The molecule has 5 nitrogen and oxygen atoms in total. The molecule has 2 fully saturated rings. The number of hydrogen-bond donors (Lipinski definition) is 1. The quantitative estimate of drug-likeness (QED) is 0.806. The van der Waals surface area contributed by atoms with Crippen LogP contribution in [-0.2, 0) is 9.53 Å². The van der Waals surface area contributed by atoms with Crippen LogP contribution in [0.5, 0.6) is 0 Å². The molecule has 2 atom stereocenters. The van der Waals surface area contributed by atoms with Gasteiger partial charge in [0.1, 0.15) is 5.60 Å². The zero-order valence-corrected chi connectivity index (χ0v) is 13.2. The molecular weight excluding hydrogens is 296 g/mol. The normalized spacial score (nSPS) is 31.3. The number of aliphatic carboxylic acids is 1. The molecule has 0 aromatic heterocycles. The standard InChI is InChI=1S/C15H23F2NO4/c1-13(2,3)22-12(21)18-7-4-10-8-15(16,17)6-5-14(10,9-18)11(19)20/h10H,4-9H2,1-3H3,(H,19,20). The van der Waals surface area contributed by atoms with Crippen LogP contribution in [-0.4, -0.2) is 46.7 Å². The minimum absolute atomic E-state index is 0.0575. The molecule has 2 rings (SSSR count). The van der Waals surface area contributed by atoms with Gasteiger partial charge in [-0.25, -0.2) is 13.6 Å². The number of piperidine rings is 1. The Kier molecular flexibility index (Phi) is 4.13. The number of nitrogens with zero attached hydrogens (tertiary/aromatic N) is 1. The summed E-state index contributed by atoms with van der Waals surface area (Å²) in [5.74, 6) is -4.51. The Morgan fingerprint density at radius 2 is 1.91 bits per heavy atom. The molecule has 2 unspecified atom stereocenters. The molecule has 1 amide bonds. The largest absolute Gasteiger partial charge is 0.481 e. The number of fused-ring (bicyclic) bond motifs is 1. The second-order valence-electron chi connectivity index (χ2n) is 7.41. The summed E-state index contributed by atoms with van der Waals surface area (Å²) in [6.07, 6.45) is -1.29. The highest BCUT2D eigenvalue weighted by Gasteiger charge is 2.57. The fraction of sp³-hybridized carbons (Fsp3) is 0.867. The van der Waals surface area contributed by atoms with Gasteiger partial charge in [0.25, 0.3) is 0 Å². The number of carbonyl (C=O) groups is 2. The zero-order chi connectivity index (χ0) is 16.8. The maximum absolute atomic E-state index is 13.6. The number of likely N-dealkylation sites (tertiary alicyclic amines) is 1. The highest BCUT2D eigenvalue weighted by atomic mass is 19.3. The average Bonchev–Trinajstić information content (AvgIpc) is 2.35. The molecule has 0 bridgehead atoms. The van der Waals surface area contributed by atoms with Gasteiger partial charge in [0.05, 0.1) is 5.41 Å². The summed E-state index contributed by atoms with van der Waals surface area (Å²) in [6.45, 7) is 5.38. The Bertz CT molecular complexity index is 475. The predicted octanol–water partition coefficient (Wildman–Crippen LogP) is 3.13. The van der Waals surface area contributed by atoms with Crippen LogP contribution >= 0.6 is 0 Å². The molecule has 22 heavy (non-hydrogen) atoms. The van der Waals surface area contributed by atoms with E-state index in [0.29, 0.717) is 0 Å². The molecule has 7 heteroatoms. The minimum Gasteiger partial charge on any atom is -0.481 e. The first-order valence-corrected chi connectivity index (χ1v) is 7.54. The third-order valence-corrected chi connectivity index (χ3v) is 4.56. The lowest BCUT2D eigenvalue weighted by Gasteiger charge is -2.49. The van der Waals surface area contributed by atoms with Crippen LogP contribution in [0.1, 0.15) is 46.5 Å². The van der Waals surface area contributed by atoms with E-state index >= 15 is 0 Å². The predicted molar refractivity (Wildman–Crippen MR) is 74.8 cm³/mol. The van der Waals surface area contributed by atoms with Gasteiger partial charge in [0.2, 0.25) is 5.92 Å². The van der Waals surface area contributed by atoms with Gasteiger partial charge in [-0.1, -0.05) is 0 Å². The fourth-order valence-corrected chi connectivity index (χ4v) is 3.42. The number of amides is 1. The number of carbonyl (C=O) groups excluding carboxylic acids is 1. The van der Waals surface area contributed by atoms with Crippen molar-refractivity contribution in [3.05, 3.63) is 0 Å². The van der Waals surface area contributed by atoms with E-state index in [4.69, 9.17) is 4.74 Å². The summed E-state index contributed by atoms with van der Waals surface area (Å²) in [5, 5.41) is 9.60. The van der Waals surface area contributed by atoms with E-state index in [1.807, 2.05) is 0 Å². The molecule has 1 saturated heterocycles. The number of rotatable bonds is 1. The maximum Gasteiger partial charge on any atom is 0.410 e. The summed E-state index contributed by atoms with van der Waals surface area (Å²) >= 11 is 0. The topological polar surface area (TPSA) is 66.8 Å². The Labute approximate surface area is 128 Å². The van der Waals surface area contributed by atoms with E-state index in [-0.39, 0.29) is 25.9 Å².